The maximum atomic E-state index is 13.5. The van der Waals surface area contributed by atoms with Crippen molar-refractivity contribution < 1.29 is 23.1 Å². The summed E-state index contributed by atoms with van der Waals surface area (Å²) in [4.78, 5) is 24.9. The van der Waals surface area contributed by atoms with E-state index < -0.39 is 23.5 Å². The molecule has 0 atom stereocenters. The number of nitrogens with one attached hydrogen (secondary N) is 1. The van der Waals surface area contributed by atoms with Gasteiger partial charge >= 0.3 is 5.97 Å². The molecule has 0 fully saturated rings. The SMILES string of the molecule is CCOC(=O)c1cc(-c2cccc(NC(=O)c3cc(F)cc(F)c3)c2)n(-c2ccccc2C)n1. The predicted molar refractivity (Wildman–Crippen MR) is 124 cm³/mol. The molecule has 0 aliphatic carbocycles. The molecule has 6 nitrogen and oxygen atoms in total. The van der Waals surface area contributed by atoms with Gasteiger partial charge in [-0.1, -0.05) is 30.3 Å². The van der Waals surface area contributed by atoms with Gasteiger partial charge in [-0.05, 0) is 55.8 Å². The second-order valence-corrected chi connectivity index (χ2v) is 7.53. The summed E-state index contributed by atoms with van der Waals surface area (Å²) in [5.74, 6) is -2.89. The third kappa shape index (κ3) is 4.85. The van der Waals surface area contributed by atoms with E-state index in [1.165, 1.54) is 0 Å². The van der Waals surface area contributed by atoms with E-state index in [0.717, 1.165) is 23.4 Å². The number of hydrogen-bond donors (Lipinski definition) is 1. The molecule has 0 saturated carbocycles. The molecule has 3 aromatic carbocycles. The van der Waals surface area contributed by atoms with Crippen LogP contribution in [-0.2, 0) is 4.74 Å². The van der Waals surface area contributed by atoms with Gasteiger partial charge in [0, 0.05) is 22.9 Å². The van der Waals surface area contributed by atoms with Crippen molar-refractivity contribution in [3.05, 3.63) is 101 Å². The lowest BCUT2D eigenvalue weighted by atomic mass is 10.1. The molecule has 172 valence electrons. The zero-order valence-electron chi connectivity index (χ0n) is 18.5. The fraction of sp³-hybridized carbons (Fsp3) is 0.115. The third-order valence-corrected chi connectivity index (χ3v) is 5.08. The van der Waals surface area contributed by atoms with Crippen molar-refractivity contribution in [1.29, 1.82) is 0 Å². The molecule has 4 aromatic rings. The fourth-order valence-corrected chi connectivity index (χ4v) is 3.52. The highest BCUT2D eigenvalue weighted by molar-refractivity contribution is 6.04. The maximum absolute atomic E-state index is 13.5. The van der Waals surface area contributed by atoms with E-state index in [4.69, 9.17) is 4.74 Å². The quantitative estimate of drug-likeness (QED) is 0.382. The molecule has 1 aromatic heterocycles. The van der Waals surface area contributed by atoms with Gasteiger partial charge in [-0.3, -0.25) is 4.79 Å². The van der Waals surface area contributed by atoms with Gasteiger partial charge < -0.3 is 10.1 Å². The minimum atomic E-state index is -0.840. The van der Waals surface area contributed by atoms with E-state index in [1.54, 1.807) is 41.9 Å². The van der Waals surface area contributed by atoms with Crippen molar-refractivity contribution >= 4 is 17.6 Å². The number of carbonyl (C=O) groups excluding carboxylic acids is 2. The number of amides is 1. The Labute approximate surface area is 194 Å². The number of para-hydroxylation sites is 1. The average Bonchev–Trinajstić information content (AvgIpc) is 3.24. The van der Waals surface area contributed by atoms with Crippen LogP contribution in [0, 0.1) is 18.6 Å². The third-order valence-electron chi connectivity index (χ3n) is 5.08. The lowest BCUT2D eigenvalue weighted by Gasteiger charge is -2.12. The van der Waals surface area contributed by atoms with Crippen molar-refractivity contribution in [1.82, 2.24) is 9.78 Å². The highest BCUT2D eigenvalue weighted by atomic mass is 19.1. The number of aryl methyl sites for hydroxylation is 1. The van der Waals surface area contributed by atoms with Crippen LogP contribution in [0.4, 0.5) is 14.5 Å². The summed E-state index contributed by atoms with van der Waals surface area (Å²) in [6, 6.07) is 18.7. The zero-order valence-corrected chi connectivity index (χ0v) is 18.5. The van der Waals surface area contributed by atoms with Crippen molar-refractivity contribution in [3.63, 3.8) is 0 Å². The number of esters is 1. The number of hydrogen-bond acceptors (Lipinski definition) is 4. The van der Waals surface area contributed by atoms with Gasteiger partial charge in [0.1, 0.15) is 11.6 Å². The predicted octanol–water partition coefficient (Wildman–Crippen LogP) is 5.55. The van der Waals surface area contributed by atoms with E-state index in [2.05, 4.69) is 10.4 Å². The largest absolute Gasteiger partial charge is 0.461 e. The minimum absolute atomic E-state index is 0.141. The summed E-state index contributed by atoms with van der Waals surface area (Å²) in [5, 5.41) is 7.11. The molecule has 8 heteroatoms. The Bertz CT molecular complexity index is 1360. The number of rotatable bonds is 6. The molecule has 1 amide bonds. The minimum Gasteiger partial charge on any atom is -0.461 e. The van der Waals surface area contributed by atoms with Crippen LogP contribution < -0.4 is 5.32 Å². The molecule has 1 heterocycles. The van der Waals surface area contributed by atoms with Crippen LogP contribution in [0.1, 0.15) is 33.3 Å². The molecule has 0 radical (unpaired) electrons. The van der Waals surface area contributed by atoms with Crippen LogP contribution >= 0.6 is 0 Å². The fourth-order valence-electron chi connectivity index (χ4n) is 3.52. The van der Waals surface area contributed by atoms with Gasteiger partial charge in [0.2, 0.25) is 0 Å². The van der Waals surface area contributed by atoms with Crippen LogP contribution in [0.3, 0.4) is 0 Å². The molecular weight excluding hydrogens is 440 g/mol. The molecule has 0 aliphatic heterocycles. The number of anilines is 1. The van der Waals surface area contributed by atoms with Gasteiger partial charge in [-0.25, -0.2) is 18.3 Å². The zero-order chi connectivity index (χ0) is 24.2. The monoisotopic (exact) mass is 461 g/mol. The van der Waals surface area contributed by atoms with Crippen LogP contribution in [0.5, 0.6) is 0 Å². The first kappa shape index (κ1) is 22.8. The molecule has 0 unspecified atom stereocenters. The van der Waals surface area contributed by atoms with Crippen LogP contribution in [0.25, 0.3) is 16.9 Å². The lowest BCUT2D eigenvalue weighted by Crippen LogP contribution is -2.12. The average molecular weight is 461 g/mol. The standard InChI is InChI=1S/C26H21F2N3O3/c1-3-34-26(33)22-15-24(31(30-22)23-10-5-4-7-16(23)2)17-8-6-9-21(13-17)29-25(32)18-11-19(27)14-20(28)12-18/h4-15H,3H2,1-2H3,(H,29,32). The Morgan fingerprint density at radius 2 is 1.71 bits per heavy atom. The molecule has 4 rings (SSSR count). The Hall–Kier alpha value is -4.33. The van der Waals surface area contributed by atoms with Gasteiger partial charge in [-0.15, -0.1) is 0 Å². The molecule has 0 bridgehead atoms. The highest BCUT2D eigenvalue weighted by Gasteiger charge is 2.19. The van der Waals surface area contributed by atoms with Crippen LogP contribution in [0.2, 0.25) is 0 Å². The molecule has 0 spiro atoms. The second-order valence-electron chi connectivity index (χ2n) is 7.53. The van der Waals surface area contributed by atoms with Crippen LogP contribution in [-0.4, -0.2) is 28.3 Å². The summed E-state index contributed by atoms with van der Waals surface area (Å²) in [7, 11) is 0. The maximum Gasteiger partial charge on any atom is 0.358 e. The normalized spacial score (nSPS) is 10.7. The van der Waals surface area contributed by atoms with E-state index in [1.807, 2.05) is 31.2 Å². The van der Waals surface area contributed by atoms with Crippen molar-refractivity contribution in [3.8, 4) is 16.9 Å². The van der Waals surface area contributed by atoms with Gasteiger partial charge in [0.15, 0.2) is 5.69 Å². The van der Waals surface area contributed by atoms with E-state index in [0.29, 0.717) is 23.0 Å². The van der Waals surface area contributed by atoms with Crippen molar-refractivity contribution in [2.24, 2.45) is 0 Å². The summed E-state index contributed by atoms with van der Waals surface area (Å²) < 4.78 is 33.8. The molecule has 34 heavy (non-hydrogen) atoms. The molecule has 0 saturated heterocycles. The van der Waals surface area contributed by atoms with Gasteiger partial charge in [-0.2, -0.15) is 5.10 Å². The van der Waals surface area contributed by atoms with Crippen LogP contribution in [0.15, 0.2) is 72.8 Å². The van der Waals surface area contributed by atoms with Gasteiger partial charge in [0.05, 0.1) is 18.0 Å². The first-order valence-electron chi connectivity index (χ1n) is 10.6. The summed E-state index contributed by atoms with van der Waals surface area (Å²) >= 11 is 0. The van der Waals surface area contributed by atoms with Crippen molar-refractivity contribution in [2.75, 3.05) is 11.9 Å². The van der Waals surface area contributed by atoms with E-state index in [-0.39, 0.29) is 17.9 Å². The number of ether oxygens (including phenoxy) is 1. The lowest BCUT2D eigenvalue weighted by molar-refractivity contribution is 0.0518. The topological polar surface area (TPSA) is 73.2 Å². The number of carbonyl (C=O) groups is 2. The number of aromatic nitrogens is 2. The Morgan fingerprint density at radius 1 is 0.971 bits per heavy atom. The summed E-state index contributed by atoms with van der Waals surface area (Å²) in [6.07, 6.45) is 0. The highest BCUT2D eigenvalue weighted by Crippen LogP contribution is 2.28. The first-order valence-corrected chi connectivity index (χ1v) is 10.6. The smallest absolute Gasteiger partial charge is 0.358 e. The summed E-state index contributed by atoms with van der Waals surface area (Å²) in [6.45, 7) is 3.86. The van der Waals surface area contributed by atoms with Gasteiger partial charge in [0.25, 0.3) is 5.91 Å². The second kappa shape index (κ2) is 9.66. The van der Waals surface area contributed by atoms with Crippen molar-refractivity contribution in [2.45, 2.75) is 13.8 Å². The molecule has 0 aliphatic rings. The Balaban J connectivity index is 1.73. The Morgan fingerprint density at radius 3 is 2.41 bits per heavy atom. The number of nitrogens with zero attached hydrogens (tertiary/aromatic N) is 2. The number of halogens is 2. The first-order chi connectivity index (χ1) is 16.4. The Kier molecular flexibility index (Phi) is 6.49. The van der Waals surface area contributed by atoms with E-state index in [9.17, 15) is 18.4 Å². The molecular formula is C26H21F2N3O3. The summed E-state index contributed by atoms with van der Waals surface area (Å²) in [5.41, 5.74) is 3.39. The number of benzene rings is 3. The molecule has 1 N–H and O–H groups in total. The van der Waals surface area contributed by atoms with E-state index >= 15 is 0 Å².